The van der Waals surface area contributed by atoms with Gasteiger partial charge in [0, 0.05) is 6.04 Å². The predicted molar refractivity (Wildman–Crippen MR) is 81.6 cm³/mol. The summed E-state index contributed by atoms with van der Waals surface area (Å²) >= 11 is 1.27. The highest BCUT2D eigenvalue weighted by molar-refractivity contribution is 7.99. The standard InChI is InChI=1S/C15H16N2O3S/c1-2-20-13(18)9-21-15-16-12-6-4-3-5-11(12)14(19)17(15)10-7-8-10/h3-6,10H,2,7-9H2,1H3. The second kappa shape index (κ2) is 5.89. The lowest BCUT2D eigenvalue weighted by Crippen LogP contribution is -2.23. The predicted octanol–water partition coefficient (Wildman–Crippen LogP) is 2.39. The van der Waals surface area contributed by atoms with Crippen molar-refractivity contribution in [2.75, 3.05) is 12.4 Å². The third kappa shape index (κ3) is 2.95. The Balaban J connectivity index is 1.98. The molecule has 3 rings (SSSR count). The molecule has 1 saturated carbocycles. The van der Waals surface area contributed by atoms with Crippen molar-refractivity contribution in [1.29, 1.82) is 0 Å². The summed E-state index contributed by atoms with van der Waals surface area (Å²) in [5, 5.41) is 1.24. The van der Waals surface area contributed by atoms with Crippen molar-refractivity contribution in [1.82, 2.24) is 9.55 Å². The highest BCUT2D eigenvalue weighted by Gasteiger charge is 2.28. The summed E-state index contributed by atoms with van der Waals surface area (Å²) in [7, 11) is 0. The van der Waals surface area contributed by atoms with E-state index in [1.54, 1.807) is 17.6 Å². The van der Waals surface area contributed by atoms with Gasteiger partial charge in [-0.3, -0.25) is 14.2 Å². The van der Waals surface area contributed by atoms with E-state index in [1.807, 2.05) is 18.2 Å². The van der Waals surface area contributed by atoms with Gasteiger partial charge < -0.3 is 4.74 Å². The van der Waals surface area contributed by atoms with Crippen LogP contribution in [0.1, 0.15) is 25.8 Å². The topological polar surface area (TPSA) is 61.2 Å². The van der Waals surface area contributed by atoms with Crippen molar-refractivity contribution in [3.63, 3.8) is 0 Å². The first kappa shape index (κ1) is 14.1. The van der Waals surface area contributed by atoms with Gasteiger partial charge in [-0.05, 0) is 31.9 Å². The Morgan fingerprint density at radius 1 is 1.43 bits per heavy atom. The van der Waals surface area contributed by atoms with Gasteiger partial charge in [0.1, 0.15) is 0 Å². The Bertz CT molecular complexity index is 737. The normalized spacial score (nSPS) is 14.3. The van der Waals surface area contributed by atoms with E-state index in [1.165, 1.54) is 11.8 Å². The van der Waals surface area contributed by atoms with Crippen LogP contribution >= 0.6 is 11.8 Å². The van der Waals surface area contributed by atoms with Gasteiger partial charge in [-0.2, -0.15) is 0 Å². The Morgan fingerprint density at radius 3 is 2.90 bits per heavy atom. The van der Waals surface area contributed by atoms with Crippen LogP contribution in [0.5, 0.6) is 0 Å². The van der Waals surface area contributed by atoms with Crippen LogP contribution in [0.15, 0.2) is 34.2 Å². The van der Waals surface area contributed by atoms with Crippen molar-refractivity contribution in [2.45, 2.75) is 31.0 Å². The molecular formula is C15H16N2O3S. The smallest absolute Gasteiger partial charge is 0.316 e. The van der Waals surface area contributed by atoms with Gasteiger partial charge >= 0.3 is 5.97 Å². The molecule has 2 aromatic rings. The number of carbonyl (C=O) groups is 1. The summed E-state index contributed by atoms with van der Waals surface area (Å²) < 4.78 is 6.65. The van der Waals surface area contributed by atoms with Crippen molar-refractivity contribution in [3.8, 4) is 0 Å². The first-order valence-electron chi connectivity index (χ1n) is 7.00. The average molecular weight is 304 g/mol. The third-order valence-corrected chi connectivity index (χ3v) is 4.24. The van der Waals surface area contributed by atoms with E-state index in [2.05, 4.69) is 4.98 Å². The van der Waals surface area contributed by atoms with Crippen molar-refractivity contribution >= 4 is 28.6 Å². The molecule has 0 atom stereocenters. The molecule has 0 radical (unpaired) electrons. The summed E-state index contributed by atoms with van der Waals surface area (Å²) in [6, 6.07) is 7.54. The van der Waals surface area contributed by atoms with Crippen LogP contribution in [0.4, 0.5) is 0 Å². The molecule has 0 spiro atoms. The van der Waals surface area contributed by atoms with Gasteiger partial charge in [0.15, 0.2) is 5.16 Å². The summed E-state index contributed by atoms with van der Waals surface area (Å²) in [6.07, 6.45) is 1.99. The largest absolute Gasteiger partial charge is 0.465 e. The van der Waals surface area contributed by atoms with Crippen molar-refractivity contribution in [2.24, 2.45) is 0 Å². The van der Waals surface area contributed by atoms with E-state index in [0.29, 0.717) is 22.7 Å². The minimum Gasteiger partial charge on any atom is -0.465 e. The molecule has 1 aromatic heterocycles. The van der Waals surface area contributed by atoms with E-state index in [9.17, 15) is 9.59 Å². The molecular weight excluding hydrogens is 288 g/mol. The van der Waals surface area contributed by atoms with Gasteiger partial charge in [0.25, 0.3) is 5.56 Å². The molecule has 1 fully saturated rings. The Hall–Kier alpha value is -1.82. The quantitative estimate of drug-likeness (QED) is 0.482. The summed E-state index contributed by atoms with van der Waals surface area (Å²) in [5.41, 5.74) is 0.653. The summed E-state index contributed by atoms with van der Waals surface area (Å²) in [4.78, 5) is 28.6. The van der Waals surface area contributed by atoms with Gasteiger partial charge in [0.05, 0.1) is 23.3 Å². The van der Waals surface area contributed by atoms with Crippen LogP contribution in [-0.4, -0.2) is 27.9 Å². The van der Waals surface area contributed by atoms with Crippen molar-refractivity contribution in [3.05, 3.63) is 34.6 Å². The molecule has 0 aliphatic heterocycles. The summed E-state index contributed by atoms with van der Waals surface area (Å²) in [6.45, 7) is 2.14. The number of aromatic nitrogens is 2. The Morgan fingerprint density at radius 2 is 2.19 bits per heavy atom. The number of benzene rings is 1. The fourth-order valence-electron chi connectivity index (χ4n) is 2.21. The molecule has 0 bridgehead atoms. The lowest BCUT2D eigenvalue weighted by atomic mass is 10.2. The van der Waals surface area contributed by atoms with Crippen LogP contribution in [0, 0.1) is 0 Å². The average Bonchev–Trinajstić information content (AvgIpc) is 3.30. The maximum absolute atomic E-state index is 12.6. The Labute approximate surface area is 126 Å². The monoisotopic (exact) mass is 304 g/mol. The number of fused-ring (bicyclic) bond motifs is 1. The highest BCUT2D eigenvalue weighted by Crippen LogP contribution is 2.36. The lowest BCUT2D eigenvalue weighted by molar-refractivity contribution is -0.139. The lowest BCUT2D eigenvalue weighted by Gasteiger charge is -2.11. The zero-order chi connectivity index (χ0) is 14.8. The number of esters is 1. The van der Waals surface area contributed by atoms with Gasteiger partial charge in [0.2, 0.25) is 0 Å². The SMILES string of the molecule is CCOC(=O)CSc1nc2ccccc2c(=O)n1C1CC1. The zero-order valence-electron chi connectivity index (χ0n) is 11.7. The second-order valence-corrected chi connectivity index (χ2v) is 5.85. The van der Waals surface area contributed by atoms with Crippen LogP contribution in [0.25, 0.3) is 10.9 Å². The number of ether oxygens (including phenoxy) is 1. The molecule has 0 unspecified atom stereocenters. The molecule has 6 heteroatoms. The molecule has 5 nitrogen and oxygen atoms in total. The van der Waals surface area contributed by atoms with Crippen LogP contribution in [0.2, 0.25) is 0 Å². The first-order valence-corrected chi connectivity index (χ1v) is 7.99. The minimum atomic E-state index is -0.285. The maximum atomic E-state index is 12.6. The third-order valence-electron chi connectivity index (χ3n) is 3.31. The summed E-state index contributed by atoms with van der Waals surface area (Å²) in [5.74, 6) is -0.113. The van der Waals surface area contributed by atoms with Gasteiger partial charge in [-0.15, -0.1) is 0 Å². The maximum Gasteiger partial charge on any atom is 0.316 e. The van der Waals surface area contributed by atoms with Gasteiger partial charge in [-0.25, -0.2) is 4.98 Å². The zero-order valence-corrected chi connectivity index (χ0v) is 12.6. The van der Waals surface area contributed by atoms with Crippen LogP contribution in [0.3, 0.4) is 0 Å². The molecule has 1 heterocycles. The van der Waals surface area contributed by atoms with Crippen molar-refractivity contribution < 1.29 is 9.53 Å². The Kier molecular flexibility index (Phi) is 3.96. The van der Waals surface area contributed by atoms with E-state index in [-0.39, 0.29) is 23.3 Å². The van der Waals surface area contributed by atoms with E-state index >= 15 is 0 Å². The minimum absolute atomic E-state index is 0.0190. The molecule has 110 valence electrons. The van der Waals surface area contributed by atoms with E-state index in [4.69, 9.17) is 4.74 Å². The first-order chi connectivity index (χ1) is 10.2. The number of nitrogens with zero attached hydrogens (tertiary/aromatic N) is 2. The molecule has 0 N–H and O–H groups in total. The fourth-order valence-corrected chi connectivity index (χ4v) is 3.07. The molecule has 0 amide bonds. The number of rotatable bonds is 5. The number of para-hydroxylation sites is 1. The van der Waals surface area contributed by atoms with Crippen LogP contribution < -0.4 is 5.56 Å². The second-order valence-electron chi connectivity index (χ2n) is 4.91. The van der Waals surface area contributed by atoms with Gasteiger partial charge in [-0.1, -0.05) is 23.9 Å². The van der Waals surface area contributed by atoms with Crippen LogP contribution in [-0.2, 0) is 9.53 Å². The fraction of sp³-hybridized carbons (Fsp3) is 0.400. The molecule has 0 saturated heterocycles. The molecule has 1 aromatic carbocycles. The van der Waals surface area contributed by atoms with E-state index in [0.717, 1.165) is 12.8 Å². The number of carbonyl (C=O) groups excluding carboxylic acids is 1. The molecule has 21 heavy (non-hydrogen) atoms. The number of thioether (sulfide) groups is 1. The molecule has 1 aliphatic rings. The molecule has 1 aliphatic carbocycles. The number of hydrogen-bond acceptors (Lipinski definition) is 5. The highest BCUT2D eigenvalue weighted by atomic mass is 32.2. The van der Waals surface area contributed by atoms with E-state index < -0.39 is 0 Å². The number of hydrogen-bond donors (Lipinski definition) is 0.